The molecule has 0 aliphatic carbocycles. The van der Waals surface area contributed by atoms with E-state index in [0.29, 0.717) is 12.6 Å². The standard InChI is InChI=1S/C13H26F3N3/c1-4-18(5-2)12-6-7-19(9-12)11(3)8-17-10-13(14,15)16/h11-12,17H,4-10H2,1-3H3. The average molecular weight is 281 g/mol. The van der Waals surface area contributed by atoms with E-state index in [0.717, 1.165) is 32.6 Å². The molecule has 0 amide bonds. The Hall–Kier alpha value is -0.330. The summed E-state index contributed by atoms with van der Waals surface area (Å²) in [7, 11) is 0. The van der Waals surface area contributed by atoms with E-state index >= 15 is 0 Å². The normalized spacial score (nSPS) is 23.2. The first-order valence-electron chi connectivity index (χ1n) is 7.13. The molecule has 0 radical (unpaired) electrons. The van der Waals surface area contributed by atoms with Gasteiger partial charge < -0.3 is 5.32 Å². The van der Waals surface area contributed by atoms with Gasteiger partial charge in [-0.05, 0) is 26.4 Å². The highest BCUT2D eigenvalue weighted by molar-refractivity contribution is 4.86. The lowest BCUT2D eigenvalue weighted by Gasteiger charge is -2.28. The van der Waals surface area contributed by atoms with E-state index in [2.05, 4.69) is 29.0 Å². The van der Waals surface area contributed by atoms with E-state index in [9.17, 15) is 13.2 Å². The topological polar surface area (TPSA) is 18.5 Å². The van der Waals surface area contributed by atoms with Crippen LogP contribution in [0.15, 0.2) is 0 Å². The summed E-state index contributed by atoms with van der Waals surface area (Å²) >= 11 is 0. The molecule has 1 aliphatic heterocycles. The van der Waals surface area contributed by atoms with Gasteiger partial charge in [0.2, 0.25) is 0 Å². The van der Waals surface area contributed by atoms with Crippen LogP contribution in [-0.2, 0) is 0 Å². The lowest BCUT2D eigenvalue weighted by atomic mass is 10.2. The molecule has 3 nitrogen and oxygen atoms in total. The highest BCUT2D eigenvalue weighted by Gasteiger charge is 2.30. The van der Waals surface area contributed by atoms with Gasteiger partial charge in [0.15, 0.2) is 0 Å². The van der Waals surface area contributed by atoms with Crippen molar-refractivity contribution in [1.29, 1.82) is 0 Å². The molecule has 1 aliphatic rings. The largest absolute Gasteiger partial charge is 0.401 e. The molecule has 1 heterocycles. The van der Waals surface area contributed by atoms with Crippen LogP contribution < -0.4 is 5.32 Å². The Labute approximate surface area is 114 Å². The number of nitrogens with zero attached hydrogens (tertiary/aromatic N) is 2. The molecule has 0 aromatic rings. The maximum atomic E-state index is 12.1. The van der Waals surface area contributed by atoms with Crippen molar-refractivity contribution in [3.63, 3.8) is 0 Å². The Bertz CT molecular complexity index is 254. The van der Waals surface area contributed by atoms with Crippen molar-refractivity contribution in [3.05, 3.63) is 0 Å². The molecule has 114 valence electrons. The third kappa shape index (κ3) is 5.67. The second-order valence-corrected chi connectivity index (χ2v) is 5.25. The Morgan fingerprint density at radius 3 is 2.47 bits per heavy atom. The molecule has 2 unspecified atom stereocenters. The summed E-state index contributed by atoms with van der Waals surface area (Å²) in [5.74, 6) is 0. The minimum Gasteiger partial charge on any atom is -0.307 e. The van der Waals surface area contributed by atoms with E-state index in [4.69, 9.17) is 0 Å². The minimum absolute atomic E-state index is 0.155. The summed E-state index contributed by atoms with van der Waals surface area (Å²) in [5.41, 5.74) is 0. The number of likely N-dealkylation sites (N-methyl/N-ethyl adjacent to an activating group) is 1. The van der Waals surface area contributed by atoms with Crippen molar-refractivity contribution < 1.29 is 13.2 Å². The fourth-order valence-electron chi connectivity index (χ4n) is 2.76. The van der Waals surface area contributed by atoms with Crippen LogP contribution in [0.2, 0.25) is 0 Å². The molecule has 0 aromatic heterocycles. The monoisotopic (exact) mass is 281 g/mol. The quantitative estimate of drug-likeness (QED) is 0.769. The van der Waals surface area contributed by atoms with Gasteiger partial charge in [0, 0.05) is 31.7 Å². The van der Waals surface area contributed by atoms with Gasteiger partial charge in [-0.3, -0.25) is 9.80 Å². The van der Waals surface area contributed by atoms with Gasteiger partial charge in [0.05, 0.1) is 6.54 Å². The maximum Gasteiger partial charge on any atom is 0.401 e. The summed E-state index contributed by atoms with van der Waals surface area (Å²) < 4.78 is 36.2. The Balaban J connectivity index is 2.29. The number of halogens is 3. The van der Waals surface area contributed by atoms with Gasteiger partial charge in [-0.15, -0.1) is 0 Å². The molecule has 1 saturated heterocycles. The van der Waals surface area contributed by atoms with E-state index < -0.39 is 12.7 Å². The molecular weight excluding hydrogens is 255 g/mol. The zero-order chi connectivity index (χ0) is 14.5. The summed E-state index contributed by atoms with van der Waals surface area (Å²) in [6, 6.07) is 0.711. The molecule has 1 rings (SSSR count). The van der Waals surface area contributed by atoms with E-state index in [1.165, 1.54) is 0 Å². The average Bonchev–Trinajstić information content (AvgIpc) is 2.78. The second kappa shape index (κ2) is 7.45. The van der Waals surface area contributed by atoms with Crippen LogP contribution >= 0.6 is 0 Å². The van der Waals surface area contributed by atoms with E-state index in [-0.39, 0.29) is 6.04 Å². The van der Waals surface area contributed by atoms with Crippen molar-refractivity contribution in [2.24, 2.45) is 0 Å². The van der Waals surface area contributed by atoms with Crippen LogP contribution in [0.25, 0.3) is 0 Å². The van der Waals surface area contributed by atoms with Gasteiger partial charge in [-0.2, -0.15) is 13.2 Å². The third-order valence-corrected chi connectivity index (χ3v) is 3.91. The second-order valence-electron chi connectivity index (χ2n) is 5.25. The fourth-order valence-corrected chi connectivity index (χ4v) is 2.76. The number of hydrogen-bond acceptors (Lipinski definition) is 3. The highest BCUT2D eigenvalue weighted by Crippen LogP contribution is 2.18. The first-order valence-corrected chi connectivity index (χ1v) is 7.13. The Kier molecular flexibility index (Phi) is 6.56. The molecule has 0 aromatic carbocycles. The van der Waals surface area contributed by atoms with Crippen molar-refractivity contribution >= 4 is 0 Å². The summed E-state index contributed by atoms with van der Waals surface area (Å²) in [4.78, 5) is 4.71. The number of likely N-dealkylation sites (tertiary alicyclic amines) is 1. The number of alkyl halides is 3. The first-order chi connectivity index (χ1) is 8.87. The van der Waals surface area contributed by atoms with E-state index in [1.54, 1.807) is 0 Å². The van der Waals surface area contributed by atoms with Crippen molar-refractivity contribution in [2.45, 2.75) is 45.5 Å². The predicted octanol–water partition coefficient (Wildman–Crippen LogP) is 1.94. The predicted molar refractivity (Wildman–Crippen MR) is 71.3 cm³/mol. The fraction of sp³-hybridized carbons (Fsp3) is 1.00. The van der Waals surface area contributed by atoms with Gasteiger partial charge in [-0.1, -0.05) is 13.8 Å². The number of hydrogen-bond donors (Lipinski definition) is 1. The minimum atomic E-state index is -4.12. The van der Waals surface area contributed by atoms with Crippen molar-refractivity contribution in [1.82, 2.24) is 15.1 Å². The lowest BCUT2D eigenvalue weighted by Crippen LogP contribution is -2.44. The smallest absolute Gasteiger partial charge is 0.307 e. The van der Waals surface area contributed by atoms with Crippen LogP contribution in [0.3, 0.4) is 0 Å². The molecule has 19 heavy (non-hydrogen) atoms. The van der Waals surface area contributed by atoms with Crippen molar-refractivity contribution in [3.8, 4) is 0 Å². The van der Waals surface area contributed by atoms with Gasteiger partial charge in [0.1, 0.15) is 0 Å². The molecule has 0 saturated carbocycles. The van der Waals surface area contributed by atoms with Gasteiger partial charge in [-0.25, -0.2) is 0 Å². The van der Waals surface area contributed by atoms with Crippen molar-refractivity contribution in [2.75, 3.05) is 39.3 Å². The third-order valence-electron chi connectivity index (χ3n) is 3.91. The summed E-state index contributed by atoms with van der Waals surface area (Å²) in [6.45, 7) is 9.82. The molecule has 1 fully saturated rings. The molecule has 2 atom stereocenters. The molecule has 0 bridgehead atoms. The molecule has 1 N–H and O–H groups in total. The highest BCUT2D eigenvalue weighted by atomic mass is 19.4. The molecule has 6 heteroatoms. The van der Waals surface area contributed by atoms with Crippen LogP contribution in [-0.4, -0.2) is 67.3 Å². The maximum absolute atomic E-state index is 12.1. The zero-order valence-electron chi connectivity index (χ0n) is 12.1. The lowest BCUT2D eigenvalue weighted by molar-refractivity contribution is -0.125. The molecule has 0 spiro atoms. The SMILES string of the molecule is CCN(CC)C1CCN(C(C)CNCC(F)(F)F)C1. The molecular formula is C13H26F3N3. The van der Waals surface area contributed by atoms with E-state index in [1.807, 2.05) is 6.92 Å². The first kappa shape index (κ1) is 16.7. The Morgan fingerprint density at radius 1 is 1.32 bits per heavy atom. The zero-order valence-corrected chi connectivity index (χ0v) is 12.1. The van der Waals surface area contributed by atoms with Crippen LogP contribution in [0.4, 0.5) is 13.2 Å². The van der Waals surface area contributed by atoms with Gasteiger partial charge in [0.25, 0.3) is 0 Å². The number of nitrogens with one attached hydrogen (secondary N) is 1. The summed E-state index contributed by atoms with van der Waals surface area (Å²) in [5, 5.41) is 2.49. The van der Waals surface area contributed by atoms with Gasteiger partial charge >= 0.3 is 6.18 Å². The van der Waals surface area contributed by atoms with Crippen LogP contribution in [0, 0.1) is 0 Å². The van der Waals surface area contributed by atoms with Crippen LogP contribution in [0.1, 0.15) is 27.2 Å². The number of rotatable bonds is 7. The van der Waals surface area contributed by atoms with Crippen LogP contribution in [0.5, 0.6) is 0 Å². The summed E-state index contributed by atoms with van der Waals surface area (Å²) in [6.07, 6.45) is -3.00. The Morgan fingerprint density at radius 2 is 1.95 bits per heavy atom.